The number of nitrogens with zero attached hydrogens (tertiary/aromatic N) is 1. The number of aromatic nitrogens is 1. The van der Waals surface area contributed by atoms with Gasteiger partial charge in [-0.05, 0) is 78.3 Å². The monoisotopic (exact) mass is 495 g/mol. The SMILES string of the molecule is CC(C)c1ccccc1-c1ccc2c3cc(-c4ccc([Si](C)(C)C)cn4)ccc3c3ccccc3c2c1. The van der Waals surface area contributed by atoms with Crippen LogP contribution in [-0.2, 0) is 0 Å². The second-order valence-corrected chi connectivity index (χ2v) is 16.6. The fourth-order valence-electron chi connectivity index (χ4n) is 5.56. The van der Waals surface area contributed by atoms with E-state index in [-0.39, 0.29) is 0 Å². The molecule has 1 heterocycles. The van der Waals surface area contributed by atoms with Gasteiger partial charge in [0.05, 0.1) is 13.8 Å². The van der Waals surface area contributed by atoms with Crippen molar-refractivity contribution < 1.29 is 0 Å². The Labute approximate surface area is 220 Å². The number of pyridine rings is 1. The largest absolute Gasteiger partial charge is 0.256 e. The molecule has 0 amide bonds. The minimum Gasteiger partial charge on any atom is -0.256 e. The fourth-order valence-corrected chi connectivity index (χ4v) is 6.59. The highest BCUT2D eigenvalue weighted by Gasteiger charge is 2.17. The second kappa shape index (κ2) is 8.97. The Bertz CT molecular complexity index is 1770. The number of hydrogen-bond donors (Lipinski definition) is 0. The molecule has 0 unspecified atom stereocenters. The zero-order valence-electron chi connectivity index (χ0n) is 22.3. The van der Waals surface area contributed by atoms with Crippen molar-refractivity contribution in [2.24, 2.45) is 0 Å². The van der Waals surface area contributed by atoms with Crippen LogP contribution in [0.25, 0.3) is 54.7 Å². The molecule has 0 saturated heterocycles. The van der Waals surface area contributed by atoms with Gasteiger partial charge in [-0.3, -0.25) is 4.98 Å². The summed E-state index contributed by atoms with van der Waals surface area (Å²) >= 11 is 0. The molecule has 0 aliphatic heterocycles. The van der Waals surface area contributed by atoms with E-state index in [1.54, 1.807) is 0 Å². The zero-order chi connectivity index (χ0) is 25.7. The minimum atomic E-state index is -1.38. The van der Waals surface area contributed by atoms with Gasteiger partial charge in [0.25, 0.3) is 0 Å². The first-order valence-corrected chi connectivity index (χ1v) is 16.8. The van der Waals surface area contributed by atoms with Gasteiger partial charge in [-0.2, -0.15) is 0 Å². The van der Waals surface area contributed by atoms with Crippen molar-refractivity contribution in [3.63, 3.8) is 0 Å². The molecular weight excluding hydrogens is 462 g/mol. The molecule has 0 N–H and O–H groups in total. The van der Waals surface area contributed by atoms with E-state index in [1.165, 1.54) is 59.8 Å². The molecule has 182 valence electrons. The highest BCUT2D eigenvalue weighted by atomic mass is 28.3. The molecule has 0 fully saturated rings. The Balaban J connectivity index is 1.60. The summed E-state index contributed by atoms with van der Waals surface area (Å²) in [6.45, 7) is 11.6. The van der Waals surface area contributed by atoms with Crippen molar-refractivity contribution in [2.75, 3.05) is 0 Å². The van der Waals surface area contributed by atoms with Crippen molar-refractivity contribution in [1.29, 1.82) is 0 Å². The third-order valence-electron chi connectivity index (χ3n) is 7.66. The van der Waals surface area contributed by atoms with E-state index in [1.807, 2.05) is 0 Å². The summed E-state index contributed by atoms with van der Waals surface area (Å²) < 4.78 is 0. The molecule has 6 aromatic rings. The smallest absolute Gasteiger partial charge is 0.0796 e. The molecule has 0 saturated carbocycles. The van der Waals surface area contributed by atoms with Crippen molar-refractivity contribution in [2.45, 2.75) is 39.4 Å². The van der Waals surface area contributed by atoms with Crippen LogP contribution < -0.4 is 5.19 Å². The molecular formula is C35H33NSi. The summed E-state index contributed by atoms with van der Waals surface area (Å²) in [6, 6.07) is 36.0. The van der Waals surface area contributed by atoms with E-state index in [0.29, 0.717) is 5.92 Å². The van der Waals surface area contributed by atoms with Gasteiger partial charge in [0.15, 0.2) is 0 Å². The highest BCUT2D eigenvalue weighted by Crippen LogP contribution is 2.39. The Morgan fingerprint density at radius 3 is 1.78 bits per heavy atom. The maximum absolute atomic E-state index is 4.88. The molecule has 0 aliphatic carbocycles. The number of fused-ring (bicyclic) bond motifs is 6. The molecule has 1 aromatic heterocycles. The van der Waals surface area contributed by atoms with E-state index in [0.717, 1.165) is 5.69 Å². The summed E-state index contributed by atoms with van der Waals surface area (Å²) in [6.07, 6.45) is 2.09. The quantitative estimate of drug-likeness (QED) is 0.175. The lowest BCUT2D eigenvalue weighted by Gasteiger charge is -2.17. The van der Waals surface area contributed by atoms with Crippen LogP contribution in [-0.4, -0.2) is 13.1 Å². The molecule has 0 aliphatic rings. The zero-order valence-corrected chi connectivity index (χ0v) is 23.3. The van der Waals surface area contributed by atoms with E-state index >= 15 is 0 Å². The average molecular weight is 496 g/mol. The molecule has 0 spiro atoms. The first-order chi connectivity index (χ1) is 17.8. The number of hydrogen-bond acceptors (Lipinski definition) is 1. The van der Waals surface area contributed by atoms with E-state index in [9.17, 15) is 0 Å². The van der Waals surface area contributed by atoms with Crippen LogP contribution in [0.4, 0.5) is 0 Å². The maximum atomic E-state index is 4.88. The first-order valence-electron chi connectivity index (χ1n) is 13.3. The number of benzene rings is 5. The van der Waals surface area contributed by atoms with E-state index in [2.05, 4.69) is 137 Å². The molecule has 0 atom stereocenters. The van der Waals surface area contributed by atoms with Gasteiger partial charge in [-0.15, -0.1) is 0 Å². The van der Waals surface area contributed by atoms with Crippen LogP contribution in [0.5, 0.6) is 0 Å². The van der Waals surface area contributed by atoms with E-state index in [4.69, 9.17) is 4.98 Å². The standard InChI is InChI=1S/C35H33NSi/c1-23(2)27-10-6-7-11-28(27)24-14-17-32-33(20-24)30-13-9-8-12-29(30)31-18-15-25(21-34(31)32)35-19-16-26(22-36-35)37(3,4)5/h6-23H,1-5H3. The van der Waals surface area contributed by atoms with Crippen LogP contribution in [0, 0.1) is 0 Å². The van der Waals surface area contributed by atoms with E-state index < -0.39 is 8.07 Å². The average Bonchev–Trinajstić information content (AvgIpc) is 2.92. The minimum absolute atomic E-state index is 0.475. The van der Waals surface area contributed by atoms with Gasteiger partial charge in [-0.1, -0.05) is 112 Å². The van der Waals surface area contributed by atoms with Crippen LogP contribution in [0.2, 0.25) is 19.6 Å². The van der Waals surface area contributed by atoms with Crippen LogP contribution >= 0.6 is 0 Å². The van der Waals surface area contributed by atoms with Crippen molar-refractivity contribution in [1.82, 2.24) is 4.98 Å². The molecule has 0 radical (unpaired) electrons. The summed E-state index contributed by atoms with van der Waals surface area (Å²) in [5, 5.41) is 9.17. The maximum Gasteiger partial charge on any atom is 0.0796 e. The topological polar surface area (TPSA) is 12.9 Å². The van der Waals surface area contributed by atoms with Crippen molar-refractivity contribution >= 4 is 45.6 Å². The summed E-state index contributed by atoms with van der Waals surface area (Å²) in [5.74, 6) is 0.475. The molecule has 37 heavy (non-hydrogen) atoms. The number of rotatable bonds is 4. The van der Waals surface area contributed by atoms with Gasteiger partial charge in [0.1, 0.15) is 0 Å². The third-order valence-corrected chi connectivity index (χ3v) is 9.68. The summed E-state index contributed by atoms with van der Waals surface area (Å²) in [5.41, 5.74) is 6.19. The van der Waals surface area contributed by atoms with Gasteiger partial charge in [-0.25, -0.2) is 0 Å². The van der Waals surface area contributed by atoms with Gasteiger partial charge >= 0.3 is 0 Å². The van der Waals surface area contributed by atoms with Crippen LogP contribution in [0.3, 0.4) is 0 Å². The Hall–Kier alpha value is -3.75. The predicted molar refractivity (Wildman–Crippen MR) is 165 cm³/mol. The summed E-state index contributed by atoms with van der Waals surface area (Å²) in [4.78, 5) is 4.88. The third kappa shape index (κ3) is 4.16. The molecule has 0 bridgehead atoms. The summed E-state index contributed by atoms with van der Waals surface area (Å²) in [7, 11) is -1.38. The normalized spacial score (nSPS) is 12.2. The van der Waals surface area contributed by atoms with Gasteiger partial charge in [0.2, 0.25) is 0 Å². The van der Waals surface area contributed by atoms with Crippen molar-refractivity contribution in [3.05, 3.63) is 109 Å². The highest BCUT2D eigenvalue weighted by molar-refractivity contribution is 6.88. The molecule has 2 heteroatoms. The molecule has 6 rings (SSSR count). The molecule has 1 nitrogen and oxygen atoms in total. The van der Waals surface area contributed by atoms with Crippen molar-refractivity contribution in [3.8, 4) is 22.4 Å². The predicted octanol–water partition coefficient (Wildman–Crippen LogP) is 9.54. The fraction of sp³-hybridized carbons (Fsp3) is 0.171. The lowest BCUT2D eigenvalue weighted by Crippen LogP contribution is -2.37. The Morgan fingerprint density at radius 1 is 0.568 bits per heavy atom. The Morgan fingerprint density at radius 2 is 1.14 bits per heavy atom. The van der Waals surface area contributed by atoms with Gasteiger partial charge < -0.3 is 0 Å². The van der Waals surface area contributed by atoms with Crippen LogP contribution in [0.1, 0.15) is 25.3 Å². The van der Waals surface area contributed by atoms with Gasteiger partial charge in [0, 0.05) is 11.8 Å². The Kier molecular flexibility index (Phi) is 5.73. The lowest BCUT2D eigenvalue weighted by molar-refractivity contribution is 0.869. The lowest BCUT2D eigenvalue weighted by atomic mass is 9.88. The second-order valence-electron chi connectivity index (χ2n) is 11.5. The molecule has 5 aromatic carbocycles. The first kappa shape index (κ1) is 23.6. The van der Waals surface area contributed by atoms with Crippen LogP contribution in [0.15, 0.2) is 103 Å².